The number of aryl methyl sites for hydroxylation is 2. The summed E-state index contributed by atoms with van der Waals surface area (Å²) in [5, 5.41) is 9.64. The van der Waals surface area contributed by atoms with Crippen LogP contribution < -0.4 is 0 Å². The smallest absolute Gasteiger partial charge is 0.246 e. The molecule has 0 radical (unpaired) electrons. The molecule has 3 heterocycles. The van der Waals surface area contributed by atoms with E-state index in [4.69, 9.17) is 6.42 Å². The average molecular weight is 506 g/mol. The fourth-order valence-corrected chi connectivity index (χ4v) is 6.69. The Morgan fingerprint density at radius 2 is 1.94 bits per heavy atom. The van der Waals surface area contributed by atoms with Crippen LogP contribution in [0.1, 0.15) is 37.3 Å². The fourth-order valence-electron chi connectivity index (χ4n) is 5.21. The molecule has 7 nitrogen and oxygen atoms in total. The monoisotopic (exact) mass is 505 g/mol. The Balaban J connectivity index is 1.51. The topological polar surface area (TPSA) is 73.0 Å². The van der Waals surface area contributed by atoms with E-state index in [9.17, 15) is 12.8 Å². The highest BCUT2D eigenvalue weighted by Crippen LogP contribution is 2.42. The minimum absolute atomic E-state index is 0.209. The highest BCUT2D eigenvalue weighted by Gasteiger charge is 2.45. The Kier molecular flexibility index (Phi) is 6.18. The number of aromatic nitrogens is 4. The molecule has 2 aromatic heterocycles. The van der Waals surface area contributed by atoms with Crippen molar-refractivity contribution >= 4 is 20.9 Å². The third-order valence-electron chi connectivity index (χ3n) is 7.02. The molecule has 5 rings (SSSR count). The van der Waals surface area contributed by atoms with Crippen molar-refractivity contribution in [3.63, 3.8) is 0 Å². The largest absolute Gasteiger partial charge is 0.271 e. The van der Waals surface area contributed by atoms with Crippen LogP contribution in [0.5, 0.6) is 0 Å². The standard InChI is InChI=1S/C27H28FN5O2S/c1-4-10-27(11-13-32(19-27)36(34,35)24-17-29-31(18-24)12-5-2)25-15-21-16-30-33(26(21)14-20(25)3)23-8-6-22(28)7-9-23/h1,6-9,14-18H,5,10-13,19H2,2-3H3. The molecular formula is C27H28FN5O2S. The van der Waals surface area contributed by atoms with Crippen molar-refractivity contribution in [2.24, 2.45) is 0 Å². The molecule has 186 valence electrons. The second-order valence-electron chi connectivity index (χ2n) is 9.45. The van der Waals surface area contributed by atoms with Crippen molar-refractivity contribution in [2.45, 2.75) is 50.0 Å². The van der Waals surface area contributed by atoms with E-state index in [2.05, 4.69) is 22.2 Å². The number of fused-ring (bicyclic) bond motifs is 1. The van der Waals surface area contributed by atoms with Gasteiger partial charge in [0.05, 0.1) is 23.6 Å². The van der Waals surface area contributed by atoms with E-state index in [0.29, 0.717) is 32.5 Å². The molecule has 0 aliphatic carbocycles. The van der Waals surface area contributed by atoms with Crippen LogP contribution in [0.4, 0.5) is 4.39 Å². The summed E-state index contributed by atoms with van der Waals surface area (Å²) in [7, 11) is -3.69. The first kappa shape index (κ1) is 24.2. The van der Waals surface area contributed by atoms with Crippen molar-refractivity contribution in [1.82, 2.24) is 23.9 Å². The highest BCUT2D eigenvalue weighted by molar-refractivity contribution is 7.89. The number of nitrogens with zero attached hydrogens (tertiary/aromatic N) is 5. The number of hydrogen-bond acceptors (Lipinski definition) is 4. The lowest BCUT2D eigenvalue weighted by Crippen LogP contribution is -2.35. The predicted octanol–water partition coefficient (Wildman–Crippen LogP) is 4.44. The van der Waals surface area contributed by atoms with Crippen LogP contribution in [0.2, 0.25) is 0 Å². The van der Waals surface area contributed by atoms with E-state index in [-0.39, 0.29) is 10.7 Å². The minimum atomic E-state index is -3.69. The number of halogens is 1. The molecule has 0 saturated carbocycles. The molecule has 0 spiro atoms. The van der Waals surface area contributed by atoms with Crippen LogP contribution in [-0.4, -0.2) is 45.4 Å². The summed E-state index contributed by atoms with van der Waals surface area (Å²) in [6.45, 7) is 5.39. The maximum atomic E-state index is 13.4. The summed E-state index contributed by atoms with van der Waals surface area (Å²) >= 11 is 0. The van der Waals surface area contributed by atoms with Gasteiger partial charge in [-0.2, -0.15) is 14.5 Å². The van der Waals surface area contributed by atoms with Crippen molar-refractivity contribution in [3.8, 4) is 18.0 Å². The zero-order chi connectivity index (χ0) is 25.5. The van der Waals surface area contributed by atoms with E-state index < -0.39 is 15.4 Å². The molecule has 0 amide bonds. The van der Waals surface area contributed by atoms with Gasteiger partial charge in [-0.1, -0.05) is 6.92 Å². The van der Waals surface area contributed by atoms with Gasteiger partial charge >= 0.3 is 0 Å². The maximum absolute atomic E-state index is 13.4. The molecule has 1 saturated heterocycles. The van der Waals surface area contributed by atoms with E-state index in [1.165, 1.54) is 22.6 Å². The summed E-state index contributed by atoms with van der Waals surface area (Å²) < 4.78 is 45.3. The highest BCUT2D eigenvalue weighted by atomic mass is 32.2. The Labute approximate surface area is 210 Å². The molecule has 1 atom stereocenters. The lowest BCUT2D eigenvalue weighted by Gasteiger charge is -2.30. The first-order chi connectivity index (χ1) is 17.3. The van der Waals surface area contributed by atoms with Gasteiger partial charge in [0.15, 0.2) is 0 Å². The second kappa shape index (κ2) is 9.19. The van der Waals surface area contributed by atoms with Gasteiger partial charge in [0.2, 0.25) is 10.0 Å². The first-order valence-corrected chi connectivity index (χ1v) is 13.4. The van der Waals surface area contributed by atoms with E-state index in [1.807, 2.05) is 19.9 Å². The molecule has 1 aliphatic heterocycles. The summed E-state index contributed by atoms with van der Waals surface area (Å²) in [4.78, 5) is 0.209. The van der Waals surface area contributed by atoms with Gasteiger partial charge in [-0.25, -0.2) is 17.5 Å². The molecule has 1 unspecified atom stereocenters. The number of sulfonamides is 1. The number of rotatable bonds is 7. The van der Waals surface area contributed by atoms with Crippen LogP contribution in [0, 0.1) is 25.1 Å². The number of hydrogen-bond donors (Lipinski definition) is 0. The Morgan fingerprint density at radius 3 is 2.67 bits per heavy atom. The third-order valence-corrected chi connectivity index (χ3v) is 8.81. The molecule has 2 aromatic carbocycles. The van der Waals surface area contributed by atoms with Crippen molar-refractivity contribution in [2.75, 3.05) is 13.1 Å². The molecular weight excluding hydrogens is 477 g/mol. The van der Waals surface area contributed by atoms with E-state index >= 15 is 0 Å². The first-order valence-electron chi connectivity index (χ1n) is 12.0. The Morgan fingerprint density at radius 1 is 1.17 bits per heavy atom. The molecule has 0 N–H and O–H groups in total. The zero-order valence-corrected chi connectivity index (χ0v) is 21.2. The number of benzene rings is 2. The van der Waals surface area contributed by atoms with Crippen LogP contribution in [0.25, 0.3) is 16.6 Å². The van der Waals surface area contributed by atoms with Crippen molar-refractivity contribution in [3.05, 3.63) is 71.9 Å². The van der Waals surface area contributed by atoms with Crippen LogP contribution in [0.3, 0.4) is 0 Å². The maximum Gasteiger partial charge on any atom is 0.246 e. The minimum Gasteiger partial charge on any atom is -0.271 e. The molecule has 9 heteroatoms. The van der Waals surface area contributed by atoms with Gasteiger partial charge < -0.3 is 0 Å². The van der Waals surface area contributed by atoms with Crippen LogP contribution in [-0.2, 0) is 22.0 Å². The van der Waals surface area contributed by atoms with E-state index in [0.717, 1.165) is 34.1 Å². The lowest BCUT2D eigenvalue weighted by atomic mass is 9.75. The van der Waals surface area contributed by atoms with Gasteiger partial charge in [-0.3, -0.25) is 4.68 Å². The Hall–Kier alpha value is -3.48. The summed E-state index contributed by atoms with van der Waals surface area (Å²) in [5.74, 6) is 2.50. The molecule has 0 bridgehead atoms. The predicted molar refractivity (Wildman–Crippen MR) is 137 cm³/mol. The quantitative estimate of drug-likeness (QED) is 0.348. The summed E-state index contributed by atoms with van der Waals surface area (Å²) in [6.07, 6.45) is 12.5. The van der Waals surface area contributed by atoms with Crippen molar-refractivity contribution in [1.29, 1.82) is 0 Å². The third kappa shape index (κ3) is 4.10. The van der Waals surface area contributed by atoms with Gasteiger partial charge in [0.1, 0.15) is 10.7 Å². The SMILES string of the molecule is C#CCC1(c2cc3cnn(-c4ccc(F)cc4)c3cc2C)CCN(S(=O)(=O)c2cnn(CCC)c2)C1. The van der Waals surface area contributed by atoms with E-state index in [1.54, 1.807) is 33.9 Å². The van der Waals surface area contributed by atoms with Gasteiger partial charge in [-0.15, -0.1) is 12.3 Å². The van der Waals surface area contributed by atoms with Crippen molar-refractivity contribution < 1.29 is 12.8 Å². The summed E-state index contributed by atoms with van der Waals surface area (Å²) in [6, 6.07) is 10.3. The average Bonchev–Trinajstić information content (AvgIpc) is 3.59. The molecule has 1 fully saturated rings. The normalized spacial score (nSPS) is 18.6. The molecule has 4 aromatic rings. The zero-order valence-electron chi connectivity index (χ0n) is 20.4. The Bertz CT molecular complexity index is 1570. The van der Waals surface area contributed by atoms with Gasteiger partial charge in [0.25, 0.3) is 0 Å². The van der Waals surface area contributed by atoms with Crippen LogP contribution >= 0.6 is 0 Å². The van der Waals surface area contributed by atoms with Gasteiger partial charge in [-0.05, 0) is 67.3 Å². The molecule has 1 aliphatic rings. The molecule has 36 heavy (non-hydrogen) atoms. The number of terminal acetylenes is 1. The van der Waals surface area contributed by atoms with Crippen LogP contribution in [0.15, 0.2) is 59.9 Å². The lowest BCUT2D eigenvalue weighted by molar-refractivity contribution is 0.422. The fraction of sp³-hybridized carbons (Fsp3) is 0.333. The second-order valence-corrected chi connectivity index (χ2v) is 11.4. The van der Waals surface area contributed by atoms with Gasteiger partial charge in [0, 0.05) is 43.1 Å². The summed E-state index contributed by atoms with van der Waals surface area (Å²) in [5.41, 5.74) is 3.20.